The van der Waals surface area contributed by atoms with Gasteiger partial charge in [-0.3, -0.25) is 9.88 Å². The van der Waals surface area contributed by atoms with E-state index in [1.54, 1.807) is 0 Å². The third kappa shape index (κ3) is 3.64. The Morgan fingerprint density at radius 2 is 2.14 bits per heavy atom. The average Bonchev–Trinajstić information content (AvgIpc) is 3.31. The quantitative estimate of drug-likeness (QED) is 0.690. The molecule has 28 heavy (non-hydrogen) atoms. The van der Waals surface area contributed by atoms with Crippen molar-refractivity contribution < 1.29 is 23.8 Å². The van der Waals surface area contributed by atoms with Crippen LogP contribution in [0.2, 0.25) is 0 Å². The molecule has 0 bridgehead atoms. The Kier molecular flexibility index (Phi) is 5.13. The van der Waals surface area contributed by atoms with Crippen molar-refractivity contribution in [2.45, 2.75) is 31.5 Å². The number of imidazole rings is 1. The number of halogens is 1. The van der Waals surface area contributed by atoms with Gasteiger partial charge in [0, 0.05) is 6.42 Å². The number of alkyl halides is 1. The van der Waals surface area contributed by atoms with Gasteiger partial charge in [0.2, 0.25) is 0 Å². The van der Waals surface area contributed by atoms with Crippen LogP contribution in [0.25, 0.3) is 11.2 Å². The van der Waals surface area contributed by atoms with E-state index in [0.29, 0.717) is 5.65 Å². The summed E-state index contributed by atoms with van der Waals surface area (Å²) in [7, 11) is 0. The van der Waals surface area contributed by atoms with Gasteiger partial charge >= 0.3 is 6.09 Å². The van der Waals surface area contributed by atoms with Crippen LogP contribution in [0.15, 0.2) is 43.0 Å². The number of benzene rings is 1. The molecule has 0 aliphatic carbocycles. The van der Waals surface area contributed by atoms with Crippen molar-refractivity contribution in [2.24, 2.45) is 0 Å². The van der Waals surface area contributed by atoms with Gasteiger partial charge in [-0.15, -0.1) is 0 Å². The molecule has 1 fully saturated rings. The SMILES string of the molecule is O=C(Nc1ncnc2c1ncn2[C@@H]1O[C@H](CO)C[C@@H]1F)OCc1ccccc1. The van der Waals surface area contributed by atoms with E-state index < -0.39 is 24.6 Å². The molecule has 1 aliphatic heterocycles. The Labute approximate surface area is 159 Å². The molecule has 3 aromatic rings. The van der Waals surface area contributed by atoms with E-state index in [9.17, 15) is 14.3 Å². The fourth-order valence-corrected chi connectivity index (χ4v) is 3.05. The van der Waals surface area contributed by atoms with E-state index in [4.69, 9.17) is 9.47 Å². The third-order valence-corrected chi connectivity index (χ3v) is 4.40. The van der Waals surface area contributed by atoms with Gasteiger partial charge in [-0.2, -0.15) is 0 Å². The van der Waals surface area contributed by atoms with Crippen LogP contribution in [0.1, 0.15) is 18.2 Å². The highest BCUT2D eigenvalue weighted by Crippen LogP contribution is 2.33. The van der Waals surface area contributed by atoms with Crippen LogP contribution in [-0.2, 0) is 16.1 Å². The number of nitrogens with one attached hydrogen (secondary N) is 1. The number of aromatic nitrogens is 4. The van der Waals surface area contributed by atoms with E-state index in [0.717, 1.165) is 5.56 Å². The predicted octanol–water partition coefficient (Wildman–Crippen LogP) is 2.19. The topological polar surface area (TPSA) is 111 Å². The summed E-state index contributed by atoms with van der Waals surface area (Å²) in [5, 5.41) is 11.7. The predicted molar refractivity (Wildman–Crippen MR) is 96.1 cm³/mol. The van der Waals surface area contributed by atoms with Gasteiger partial charge in [0.25, 0.3) is 0 Å². The van der Waals surface area contributed by atoms with Crippen molar-refractivity contribution in [3.05, 3.63) is 48.5 Å². The average molecular weight is 387 g/mol. The molecular weight excluding hydrogens is 369 g/mol. The molecule has 10 heteroatoms. The number of fused-ring (bicyclic) bond motifs is 1. The number of aliphatic hydroxyl groups is 1. The molecule has 2 aromatic heterocycles. The molecule has 9 nitrogen and oxygen atoms in total. The summed E-state index contributed by atoms with van der Waals surface area (Å²) in [6, 6.07) is 9.25. The third-order valence-electron chi connectivity index (χ3n) is 4.40. The molecule has 4 rings (SSSR count). The van der Waals surface area contributed by atoms with Gasteiger partial charge in [-0.1, -0.05) is 30.3 Å². The highest BCUT2D eigenvalue weighted by Gasteiger charge is 2.37. The van der Waals surface area contributed by atoms with Crippen molar-refractivity contribution in [3.8, 4) is 0 Å². The van der Waals surface area contributed by atoms with Crippen molar-refractivity contribution in [1.82, 2.24) is 19.5 Å². The van der Waals surface area contributed by atoms with Gasteiger partial charge in [0.15, 0.2) is 23.2 Å². The number of hydrogen-bond acceptors (Lipinski definition) is 7. The minimum Gasteiger partial charge on any atom is -0.444 e. The Morgan fingerprint density at radius 3 is 2.89 bits per heavy atom. The fraction of sp³-hybridized carbons (Fsp3) is 0.333. The van der Waals surface area contributed by atoms with Gasteiger partial charge in [-0.25, -0.2) is 24.1 Å². The lowest BCUT2D eigenvalue weighted by Gasteiger charge is -2.15. The molecule has 1 aromatic carbocycles. The monoisotopic (exact) mass is 387 g/mol. The molecule has 3 atom stereocenters. The minimum absolute atomic E-state index is 0.0862. The first-order valence-electron chi connectivity index (χ1n) is 8.71. The lowest BCUT2D eigenvalue weighted by Crippen LogP contribution is -2.17. The number of amides is 1. The Bertz CT molecular complexity index is 967. The molecule has 1 amide bonds. The van der Waals surface area contributed by atoms with Gasteiger partial charge in [-0.05, 0) is 5.56 Å². The number of carbonyl (C=O) groups is 1. The van der Waals surface area contributed by atoms with E-state index in [1.807, 2.05) is 30.3 Å². The summed E-state index contributed by atoms with van der Waals surface area (Å²) in [5.74, 6) is 0.147. The number of hydrogen-bond donors (Lipinski definition) is 2. The van der Waals surface area contributed by atoms with E-state index in [1.165, 1.54) is 17.2 Å². The Hall–Kier alpha value is -3.11. The van der Waals surface area contributed by atoms with Crippen LogP contribution < -0.4 is 5.32 Å². The second-order valence-corrected chi connectivity index (χ2v) is 6.32. The van der Waals surface area contributed by atoms with Crippen LogP contribution in [0.5, 0.6) is 0 Å². The number of nitrogens with zero attached hydrogens (tertiary/aromatic N) is 4. The fourth-order valence-electron chi connectivity index (χ4n) is 3.05. The first-order valence-corrected chi connectivity index (χ1v) is 8.71. The summed E-state index contributed by atoms with van der Waals surface area (Å²) in [6.07, 6.45) is -0.839. The highest BCUT2D eigenvalue weighted by molar-refractivity contribution is 5.93. The van der Waals surface area contributed by atoms with Crippen molar-refractivity contribution in [1.29, 1.82) is 0 Å². The zero-order valence-corrected chi connectivity index (χ0v) is 14.7. The molecule has 3 heterocycles. The summed E-state index contributed by atoms with van der Waals surface area (Å²) in [6.45, 7) is -0.157. The zero-order valence-electron chi connectivity index (χ0n) is 14.7. The highest BCUT2D eigenvalue weighted by atomic mass is 19.1. The number of rotatable bonds is 5. The Balaban J connectivity index is 1.50. The molecule has 146 valence electrons. The summed E-state index contributed by atoms with van der Waals surface area (Å²) in [5.41, 5.74) is 1.43. The van der Waals surface area contributed by atoms with E-state index in [-0.39, 0.29) is 31.0 Å². The van der Waals surface area contributed by atoms with Crippen molar-refractivity contribution >= 4 is 23.1 Å². The lowest BCUT2D eigenvalue weighted by molar-refractivity contribution is -0.0351. The lowest BCUT2D eigenvalue weighted by atomic mass is 10.2. The van der Waals surface area contributed by atoms with Gasteiger partial charge in [0.05, 0.1) is 19.0 Å². The maximum atomic E-state index is 14.3. The number of carbonyl (C=O) groups excluding carboxylic acids is 1. The molecule has 1 aliphatic rings. The van der Waals surface area contributed by atoms with E-state index >= 15 is 0 Å². The maximum absolute atomic E-state index is 14.3. The normalized spacial score (nSPS) is 21.7. The molecule has 2 N–H and O–H groups in total. The first-order chi connectivity index (χ1) is 13.7. The Morgan fingerprint density at radius 1 is 1.32 bits per heavy atom. The summed E-state index contributed by atoms with van der Waals surface area (Å²) in [4.78, 5) is 24.4. The molecule has 0 spiro atoms. The van der Waals surface area contributed by atoms with E-state index in [2.05, 4.69) is 20.3 Å². The van der Waals surface area contributed by atoms with Crippen LogP contribution in [0, 0.1) is 0 Å². The maximum Gasteiger partial charge on any atom is 0.413 e. The molecule has 1 saturated heterocycles. The van der Waals surface area contributed by atoms with Crippen molar-refractivity contribution in [3.63, 3.8) is 0 Å². The largest absolute Gasteiger partial charge is 0.444 e. The molecule has 0 radical (unpaired) electrons. The standard InChI is InChI=1S/C18H18FN5O4/c19-13-6-12(7-25)28-17(13)24-10-22-14-15(20-9-21-16(14)24)23-18(26)27-8-11-4-2-1-3-5-11/h1-5,9-10,12-13,17,25H,6-8H2,(H,20,21,23,26)/t12-,13-,17+/m0/s1. The van der Waals surface area contributed by atoms with Crippen molar-refractivity contribution in [2.75, 3.05) is 11.9 Å². The van der Waals surface area contributed by atoms with Crippen LogP contribution in [0.3, 0.4) is 0 Å². The van der Waals surface area contributed by atoms with Crippen LogP contribution in [-0.4, -0.2) is 49.6 Å². The molecule has 0 unspecified atom stereocenters. The number of aliphatic hydroxyl groups excluding tert-OH is 1. The smallest absolute Gasteiger partial charge is 0.413 e. The van der Waals surface area contributed by atoms with Gasteiger partial charge < -0.3 is 14.6 Å². The van der Waals surface area contributed by atoms with Gasteiger partial charge in [0.1, 0.15) is 19.1 Å². The molecule has 0 saturated carbocycles. The number of ether oxygens (including phenoxy) is 2. The minimum atomic E-state index is -1.31. The van der Waals surface area contributed by atoms with Crippen LogP contribution in [0.4, 0.5) is 15.0 Å². The zero-order chi connectivity index (χ0) is 19.5. The summed E-state index contributed by atoms with van der Waals surface area (Å²) >= 11 is 0. The second kappa shape index (κ2) is 7.87. The molecular formula is C18H18FN5O4. The second-order valence-electron chi connectivity index (χ2n) is 6.32. The summed E-state index contributed by atoms with van der Waals surface area (Å²) < 4.78 is 26.4. The van der Waals surface area contributed by atoms with Crippen LogP contribution >= 0.6 is 0 Å². The number of anilines is 1. The first kappa shape index (κ1) is 18.3.